The molecule has 0 atom stereocenters. The van der Waals surface area contributed by atoms with Gasteiger partial charge < -0.3 is 4.74 Å². The lowest BCUT2D eigenvalue weighted by Gasteiger charge is -2.10. The van der Waals surface area contributed by atoms with E-state index in [2.05, 4.69) is 26.1 Å². The molecule has 0 aliphatic rings. The van der Waals surface area contributed by atoms with E-state index in [4.69, 9.17) is 4.74 Å². The molecule has 0 fully saturated rings. The molecular formula is C16H12BrFN2O2. The molecule has 22 heavy (non-hydrogen) atoms. The van der Waals surface area contributed by atoms with Crippen molar-refractivity contribution in [3.63, 3.8) is 0 Å². The van der Waals surface area contributed by atoms with Gasteiger partial charge in [-0.15, -0.1) is 0 Å². The Labute approximate surface area is 134 Å². The van der Waals surface area contributed by atoms with Crippen LogP contribution in [0.5, 0.6) is 5.75 Å². The van der Waals surface area contributed by atoms with Crippen molar-refractivity contribution in [3.05, 3.63) is 68.3 Å². The summed E-state index contributed by atoms with van der Waals surface area (Å²) in [6.45, 7) is 0. The highest BCUT2D eigenvalue weighted by atomic mass is 79.9. The number of rotatable bonds is 3. The van der Waals surface area contributed by atoms with E-state index in [0.29, 0.717) is 27.7 Å². The van der Waals surface area contributed by atoms with E-state index in [0.717, 1.165) is 10.9 Å². The summed E-state index contributed by atoms with van der Waals surface area (Å²) in [4.78, 5) is 11.8. The molecule has 0 radical (unpaired) electrons. The molecule has 0 saturated carbocycles. The van der Waals surface area contributed by atoms with Gasteiger partial charge in [-0.05, 0) is 28.1 Å². The maximum Gasteiger partial charge on any atom is 0.272 e. The fraction of sp³-hybridized carbons (Fsp3) is 0.125. The zero-order chi connectivity index (χ0) is 15.7. The fourth-order valence-corrected chi connectivity index (χ4v) is 2.78. The molecule has 1 aromatic heterocycles. The van der Waals surface area contributed by atoms with Crippen LogP contribution in [0.25, 0.3) is 10.8 Å². The first-order valence-corrected chi connectivity index (χ1v) is 7.37. The Bertz CT molecular complexity index is 908. The van der Waals surface area contributed by atoms with Crippen molar-refractivity contribution in [2.75, 3.05) is 7.11 Å². The third kappa shape index (κ3) is 2.62. The SMILES string of the molecule is COc1cc(F)c(Br)cc1Cc1n[nH]c(=O)c2ccccc12. The van der Waals surface area contributed by atoms with Gasteiger partial charge in [-0.1, -0.05) is 18.2 Å². The molecule has 0 aliphatic carbocycles. The Hall–Kier alpha value is -2.21. The first kappa shape index (κ1) is 14.7. The van der Waals surface area contributed by atoms with Gasteiger partial charge in [0.2, 0.25) is 0 Å². The number of aromatic nitrogens is 2. The summed E-state index contributed by atoms with van der Waals surface area (Å²) in [5.41, 5.74) is 1.25. The van der Waals surface area contributed by atoms with Crippen LogP contribution in [0.1, 0.15) is 11.3 Å². The van der Waals surface area contributed by atoms with Gasteiger partial charge in [-0.3, -0.25) is 4.79 Å². The Morgan fingerprint density at radius 1 is 1.27 bits per heavy atom. The Kier molecular flexibility index (Phi) is 3.94. The van der Waals surface area contributed by atoms with E-state index >= 15 is 0 Å². The number of hydrogen-bond donors (Lipinski definition) is 1. The summed E-state index contributed by atoms with van der Waals surface area (Å²) in [5.74, 6) is 0.0534. The van der Waals surface area contributed by atoms with Gasteiger partial charge >= 0.3 is 0 Å². The minimum absolute atomic E-state index is 0.230. The molecule has 1 N–H and O–H groups in total. The van der Waals surface area contributed by atoms with Crippen LogP contribution in [0.2, 0.25) is 0 Å². The first-order valence-electron chi connectivity index (χ1n) is 6.58. The Balaban J connectivity index is 2.13. The van der Waals surface area contributed by atoms with Crippen LogP contribution in [0.15, 0.2) is 45.7 Å². The quantitative estimate of drug-likeness (QED) is 0.776. The fourth-order valence-electron chi connectivity index (χ4n) is 2.38. The number of methoxy groups -OCH3 is 1. The summed E-state index contributed by atoms with van der Waals surface area (Å²) >= 11 is 3.18. The molecule has 0 aliphatic heterocycles. The summed E-state index contributed by atoms with van der Waals surface area (Å²) in [7, 11) is 1.49. The van der Waals surface area contributed by atoms with E-state index in [-0.39, 0.29) is 11.4 Å². The molecule has 6 heteroatoms. The van der Waals surface area contributed by atoms with Crippen LogP contribution in [0.3, 0.4) is 0 Å². The van der Waals surface area contributed by atoms with Gasteiger partial charge in [0.15, 0.2) is 0 Å². The number of aromatic amines is 1. The molecule has 3 aromatic rings. The zero-order valence-corrected chi connectivity index (χ0v) is 13.3. The molecule has 1 heterocycles. The normalized spacial score (nSPS) is 10.9. The molecule has 4 nitrogen and oxygen atoms in total. The first-order chi connectivity index (χ1) is 10.6. The topological polar surface area (TPSA) is 55.0 Å². The monoisotopic (exact) mass is 362 g/mol. The van der Waals surface area contributed by atoms with E-state index in [1.165, 1.54) is 13.2 Å². The van der Waals surface area contributed by atoms with Crippen molar-refractivity contribution in [2.45, 2.75) is 6.42 Å². The van der Waals surface area contributed by atoms with E-state index in [9.17, 15) is 9.18 Å². The minimum atomic E-state index is -0.389. The predicted octanol–water partition coefficient (Wildman–Crippen LogP) is 3.42. The molecule has 3 rings (SSSR count). The number of ether oxygens (including phenoxy) is 1. The third-order valence-electron chi connectivity index (χ3n) is 3.46. The molecule has 0 saturated heterocycles. The van der Waals surface area contributed by atoms with Crippen molar-refractivity contribution in [2.24, 2.45) is 0 Å². The van der Waals surface area contributed by atoms with E-state index in [1.54, 1.807) is 18.2 Å². The second-order valence-corrected chi connectivity index (χ2v) is 5.65. The highest BCUT2D eigenvalue weighted by molar-refractivity contribution is 9.10. The summed E-state index contributed by atoms with van der Waals surface area (Å²) < 4.78 is 19.2. The van der Waals surface area contributed by atoms with Crippen LogP contribution < -0.4 is 10.3 Å². The highest BCUT2D eigenvalue weighted by Crippen LogP contribution is 2.29. The van der Waals surface area contributed by atoms with Gasteiger partial charge in [0.25, 0.3) is 5.56 Å². The number of H-pyrrole nitrogens is 1. The number of fused-ring (bicyclic) bond motifs is 1. The molecule has 2 aromatic carbocycles. The van der Waals surface area contributed by atoms with Crippen molar-refractivity contribution >= 4 is 26.7 Å². The van der Waals surface area contributed by atoms with Crippen LogP contribution in [-0.4, -0.2) is 17.3 Å². The largest absolute Gasteiger partial charge is 0.496 e. The van der Waals surface area contributed by atoms with Crippen molar-refractivity contribution in [3.8, 4) is 5.75 Å². The van der Waals surface area contributed by atoms with Crippen molar-refractivity contribution in [1.82, 2.24) is 10.2 Å². The molecule has 112 valence electrons. The summed E-state index contributed by atoms with van der Waals surface area (Å²) in [5, 5.41) is 7.97. The second kappa shape index (κ2) is 5.88. The maximum absolute atomic E-state index is 13.6. The Morgan fingerprint density at radius 2 is 2.00 bits per heavy atom. The number of hydrogen-bond acceptors (Lipinski definition) is 3. The predicted molar refractivity (Wildman–Crippen MR) is 85.8 cm³/mol. The van der Waals surface area contributed by atoms with Crippen LogP contribution >= 0.6 is 15.9 Å². The molecule has 0 unspecified atom stereocenters. The lowest BCUT2D eigenvalue weighted by molar-refractivity contribution is 0.406. The Morgan fingerprint density at radius 3 is 2.73 bits per heavy atom. The number of nitrogens with one attached hydrogen (secondary N) is 1. The number of nitrogens with zero attached hydrogens (tertiary/aromatic N) is 1. The number of benzene rings is 2. The third-order valence-corrected chi connectivity index (χ3v) is 4.06. The highest BCUT2D eigenvalue weighted by Gasteiger charge is 2.13. The lowest BCUT2D eigenvalue weighted by Crippen LogP contribution is -2.11. The van der Waals surface area contributed by atoms with E-state index in [1.807, 2.05) is 12.1 Å². The van der Waals surface area contributed by atoms with Gasteiger partial charge in [-0.25, -0.2) is 9.49 Å². The lowest BCUT2D eigenvalue weighted by atomic mass is 10.0. The smallest absolute Gasteiger partial charge is 0.272 e. The summed E-state index contributed by atoms with van der Waals surface area (Å²) in [6.07, 6.45) is 0.416. The van der Waals surface area contributed by atoms with Gasteiger partial charge in [0, 0.05) is 23.4 Å². The standard InChI is InChI=1S/C16H12BrFN2O2/c1-22-15-8-13(18)12(17)6-9(15)7-14-10-4-2-3-5-11(10)16(21)20-19-14/h2-6,8H,7H2,1H3,(H,20,21). The summed E-state index contributed by atoms with van der Waals surface area (Å²) in [6, 6.07) is 10.2. The zero-order valence-electron chi connectivity index (χ0n) is 11.7. The maximum atomic E-state index is 13.6. The van der Waals surface area contributed by atoms with Crippen LogP contribution in [0.4, 0.5) is 4.39 Å². The average Bonchev–Trinajstić information content (AvgIpc) is 2.53. The van der Waals surface area contributed by atoms with Gasteiger partial charge in [0.1, 0.15) is 11.6 Å². The van der Waals surface area contributed by atoms with Crippen molar-refractivity contribution < 1.29 is 9.13 Å². The van der Waals surface area contributed by atoms with E-state index < -0.39 is 0 Å². The molecule has 0 spiro atoms. The molecular weight excluding hydrogens is 351 g/mol. The minimum Gasteiger partial charge on any atom is -0.496 e. The van der Waals surface area contributed by atoms with Crippen molar-refractivity contribution in [1.29, 1.82) is 0 Å². The van der Waals surface area contributed by atoms with Crippen LogP contribution in [0, 0.1) is 5.82 Å². The average molecular weight is 363 g/mol. The van der Waals surface area contributed by atoms with Gasteiger partial charge in [0.05, 0.1) is 22.7 Å². The second-order valence-electron chi connectivity index (χ2n) is 4.80. The molecule has 0 bridgehead atoms. The van der Waals surface area contributed by atoms with Crippen LogP contribution in [-0.2, 0) is 6.42 Å². The van der Waals surface area contributed by atoms with Gasteiger partial charge in [-0.2, -0.15) is 5.10 Å². The number of halogens is 2. The molecule has 0 amide bonds.